The minimum Gasteiger partial charge on any atom is -0.365 e. The molecule has 0 spiro atoms. The number of piperidine rings is 1. The summed E-state index contributed by atoms with van der Waals surface area (Å²) in [4.78, 5) is 14.9. The van der Waals surface area contributed by atoms with Crippen LogP contribution in [0.4, 0.5) is 0 Å². The van der Waals surface area contributed by atoms with E-state index in [1.165, 1.54) is 32.2 Å². The molecule has 1 amide bonds. The molecule has 146 valence electrons. The molecular formula is C20H37ClN2O2. The van der Waals surface area contributed by atoms with Gasteiger partial charge in [-0.15, -0.1) is 12.4 Å². The van der Waals surface area contributed by atoms with Gasteiger partial charge in [0.1, 0.15) is 6.10 Å². The molecule has 0 aromatic carbocycles. The molecule has 2 saturated carbocycles. The largest absolute Gasteiger partial charge is 0.365 e. The Bertz CT molecular complexity index is 409. The number of ether oxygens (including phenoxy) is 1. The molecule has 2 aliphatic carbocycles. The lowest BCUT2D eigenvalue weighted by Crippen LogP contribution is -2.49. The average molecular weight is 373 g/mol. The smallest absolute Gasteiger partial charge is 0.251 e. The molecule has 3 unspecified atom stereocenters. The van der Waals surface area contributed by atoms with Crippen molar-refractivity contribution in [1.29, 1.82) is 0 Å². The number of halogens is 1. The van der Waals surface area contributed by atoms with E-state index in [0.29, 0.717) is 12.1 Å². The van der Waals surface area contributed by atoms with Crippen LogP contribution in [0.15, 0.2) is 0 Å². The number of likely N-dealkylation sites (tertiary alicyclic amines) is 1. The molecule has 0 aromatic rings. The van der Waals surface area contributed by atoms with Crippen LogP contribution in [0.5, 0.6) is 0 Å². The molecule has 3 rings (SSSR count). The van der Waals surface area contributed by atoms with Gasteiger partial charge < -0.3 is 15.0 Å². The maximum absolute atomic E-state index is 12.8. The van der Waals surface area contributed by atoms with Gasteiger partial charge in [-0.2, -0.15) is 0 Å². The Morgan fingerprint density at radius 1 is 1.16 bits per heavy atom. The summed E-state index contributed by atoms with van der Waals surface area (Å²) in [5, 5.41) is 3.69. The topological polar surface area (TPSA) is 41.6 Å². The fourth-order valence-corrected chi connectivity index (χ4v) is 4.23. The van der Waals surface area contributed by atoms with Crippen molar-refractivity contribution in [1.82, 2.24) is 10.2 Å². The van der Waals surface area contributed by atoms with Gasteiger partial charge in [0.15, 0.2) is 0 Å². The van der Waals surface area contributed by atoms with E-state index in [1.54, 1.807) is 0 Å². The quantitative estimate of drug-likeness (QED) is 0.739. The Labute approximate surface area is 159 Å². The first-order valence-corrected chi connectivity index (χ1v) is 10.3. The molecule has 3 atom stereocenters. The summed E-state index contributed by atoms with van der Waals surface area (Å²) in [5.74, 6) is 1.90. The third-order valence-electron chi connectivity index (χ3n) is 6.09. The zero-order chi connectivity index (χ0) is 16.9. The molecule has 1 N–H and O–H groups in total. The van der Waals surface area contributed by atoms with Crippen LogP contribution in [-0.4, -0.2) is 48.7 Å². The van der Waals surface area contributed by atoms with E-state index in [2.05, 4.69) is 24.1 Å². The molecule has 3 fully saturated rings. The summed E-state index contributed by atoms with van der Waals surface area (Å²) >= 11 is 0. The van der Waals surface area contributed by atoms with E-state index in [4.69, 9.17) is 4.74 Å². The first-order valence-electron chi connectivity index (χ1n) is 10.3. The van der Waals surface area contributed by atoms with Crippen molar-refractivity contribution in [3.05, 3.63) is 0 Å². The average Bonchev–Trinajstić information content (AvgIpc) is 3.42. The molecule has 3 aliphatic rings. The Morgan fingerprint density at radius 3 is 2.48 bits per heavy atom. The predicted octanol–water partition coefficient (Wildman–Crippen LogP) is 3.77. The normalized spacial score (nSPS) is 29.1. The number of carbonyl (C=O) groups excluding carboxylic acids is 1. The summed E-state index contributed by atoms with van der Waals surface area (Å²) < 4.78 is 6.23. The van der Waals surface area contributed by atoms with E-state index in [1.807, 2.05) is 0 Å². The van der Waals surface area contributed by atoms with Crippen molar-refractivity contribution in [2.45, 2.75) is 89.9 Å². The van der Waals surface area contributed by atoms with E-state index >= 15 is 0 Å². The predicted molar refractivity (Wildman–Crippen MR) is 104 cm³/mol. The first-order chi connectivity index (χ1) is 11.7. The van der Waals surface area contributed by atoms with Crippen LogP contribution in [0, 0.1) is 11.8 Å². The lowest BCUT2D eigenvalue weighted by atomic mass is 9.88. The minimum absolute atomic E-state index is 0. The maximum Gasteiger partial charge on any atom is 0.251 e. The van der Waals surface area contributed by atoms with Crippen molar-refractivity contribution in [2.24, 2.45) is 11.8 Å². The number of nitrogens with zero attached hydrogens (tertiary/aromatic N) is 1. The van der Waals surface area contributed by atoms with Gasteiger partial charge in [0.05, 0.1) is 6.10 Å². The molecule has 1 saturated heterocycles. The van der Waals surface area contributed by atoms with Gasteiger partial charge in [-0.05, 0) is 63.3 Å². The van der Waals surface area contributed by atoms with Gasteiger partial charge in [-0.1, -0.05) is 26.7 Å². The fourth-order valence-electron chi connectivity index (χ4n) is 4.23. The Kier molecular flexibility index (Phi) is 8.50. The second-order valence-corrected chi connectivity index (χ2v) is 8.38. The van der Waals surface area contributed by atoms with Gasteiger partial charge in [-0.25, -0.2) is 0 Å². The van der Waals surface area contributed by atoms with Crippen LogP contribution in [0.3, 0.4) is 0 Å². The first kappa shape index (κ1) is 21.0. The van der Waals surface area contributed by atoms with Gasteiger partial charge in [0.2, 0.25) is 0 Å². The molecule has 25 heavy (non-hydrogen) atoms. The summed E-state index contributed by atoms with van der Waals surface area (Å²) in [7, 11) is 0. The number of rotatable bonds is 7. The van der Waals surface area contributed by atoms with Crippen molar-refractivity contribution >= 4 is 18.3 Å². The number of carbonyl (C=O) groups is 1. The Balaban J connectivity index is 0.00000225. The number of hydrogen-bond acceptors (Lipinski definition) is 3. The lowest BCUT2D eigenvalue weighted by Gasteiger charge is -2.36. The van der Waals surface area contributed by atoms with Gasteiger partial charge in [-0.3, -0.25) is 4.79 Å². The van der Waals surface area contributed by atoms with Gasteiger partial charge in [0, 0.05) is 19.1 Å². The second kappa shape index (κ2) is 10.1. The lowest BCUT2D eigenvalue weighted by molar-refractivity contribution is -0.151. The highest BCUT2D eigenvalue weighted by Gasteiger charge is 2.31. The second-order valence-electron chi connectivity index (χ2n) is 8.38. The molecule has 1 aliphatic heterocycles. The monoisotopic (exact) mass is 372 g/mol. The van der Waals surface area contributed by atoms with E-state index in [-0.39, 0.29) is 24.4 Å². The van der Waals surface area contributed by atoms with Crippen LogP contribution >= 0.6 is 12.4 Å². The number of hydrogen-bond donors (Lipinski definition) is 1. The van der Waals surface area contributed by atoms with E-state index in [9.17, 15) is 4.79 Å². The molecule has 4 nitrogen and oxygen atoms in total. The molecule has 1 heterocycles. The zero-order valence-electron chi connectivity index (χ0n) is 16.0. The van der Waals surface area contributed by atoms with Crippen molar-refractivity contribution in [3.8, 4) is 0 Å². The van der Waals surface area contributed by atoms with Crippen molar-refractivity contribution < 1.29 is 9.53 Å². The standard InChI is InChI=1S/C20H36N2O2.ClH/c1-3-19(24-18-6-4-5-15(2)13-18)20(23)22-11-9-17(10-12-22)21-14-16-7-8-16;/h15-19,21H,3-14H2,1-2H3;1H. The summed E-state index contributed by atoms with van der Waals surface area (Å²) in [6, 6.07) is 0.606. The minimum atomic E-state index is -0.226. The highest BCUT2D eigenvalue weighted by Crippen LogP contribution is 2.29. The summed E-state index contributed by atoms with van der Waals surface area (Å²) in [5.41, 5.74) is 0. The van der Waals surface area contributed by atoms with Crippen molar-refractivity contribution in [2.75, 3.05) is 19.6 Å². The highest BCUT2D eigenvalue weighted by molar-refractivity contribution is 5.85. The highest BCUT2D eigenvalue weighted by atomic mass is 35.5. The molecule has 5 heteroatoms. The zero-order valence-corrected chi connectivity index (χ0v) is 16.9. The van der Waals surface area contributed by atoms with Gasteiger partial charge in [0.25, 0.3) is 5.91 Å². The van der Waals surface area contributed by atoms with Crippen LogP contribution in [0.2, 0.25) is 0 Å². The van der Waals surface area contributed by atoms with E-state index < -0.39 is 0 Å². The number of amides is 1. The Morgan fingerprint density at radius 2 is 1.88 bits per heavy atom. The summed E-state index contributed by atoms with van der Waals surface area (Å²) in [6.07, 6.45) is 10.7. The number of nitrogens with one attached hydrogen (secondary N) is 1. The van der Waals surface area contributed by atoms with Crippen LogP contribution in [-0.2, 0) is 9.53 Å². The summed E-state index contributed by atoms with van der Waals surface area (Å²) in [6.45, 7) is 7.35. The SMILES string of the molecule is CCC(OC1CCCC(C)C1)C(=O)N1CCC(NCC2CC2)CC1.Cl. The van der Waals surface area contributed by atoms with Crippen molar-refractivity contribution in [3.63, 3.8) is 0 Å². The maximum atomic E-state index is 12.8. The molecule has 0 radical (unpaired) electrons. The molecule has 0 bridgehead atoms. The Hall–Kier alpha value is -0.320. The third kappa shape index (κ3) is 6.41. The van der Waals surface area contributed by atoms with Crippen LogP contribution in [0.1, 0.15) is 71.6 Å². The fraction of sp³-hybridized carbons (Fsp3) is 0.950. The van der Waals surface area contributed by atoms with Gasteiger partial charge >= 0.3 is 0 Å². The van der Waals surface area contributed by atoms with Crippen LogP contribution < -0.4 is 5.32 Å². The molecule has 0 aromatic heterocycles. The molecular weight excluding hydrogens is 336 g/mol. The van der Waals surface area contributed by atoms with Crippen LogP contribution in [0.25, 0.3) is 0 Å². The third-order valence-corrected chi connectivity index (χ3v) is 6.09. The van der Waals surface area contributed by atoms with E-state index in [0.717, 1.165) is 57.0 Å².